The van der Waals surface area contributed by atoms with Crippen LogP contribution in [0, 0.1) is 23.7 Å². The minimum atomic E-state index is -0.582. The van der Waals surface area contributed by atoms with Crippen LogP contribution in [0.25, 0.3) is 0 Å². The molecule has 0 aromatic rings. The summed E-state index contributed by atoms with van der Waals surface area (Å²) >= 11 is 0. The third kappa shape index (κ3) is 5.70. The van der Waals surface area contributed by atoms with E-state index in [1.807, 2.05) is 0 Å². The number of rotatable bonds is 10. The molecule has 0 spiro atoms. The molecule has 0 heterocycles. The van der Waals surface area contributed by atoms with Crippen LogP contribution >= 0.6 is 0 Å². The summed E-state index contributed by atoms with van der Waals surface area (Å²) in [4.78, 5) is 0. The van der Waals surface area contributed by atoms with Gasteiger partial charge in [0.25, 0.3) is 0 Å². The van der Waals surface area contributed by atoms with Gasteiger partial charge in [-0.3, -0.25) is 0 Å². The lowest BCUT2D eigenvalue weighted by Crippen LogP contribution is -2.40. The van der Waals surface area contributed by atoms with E-state index in [-0.39, 0.29) is 23.7 Å². The molecule has 2 N–H and O–H groups in total. The first-order valence-corrected chi connectivity index (χ1v) is 9.08. The van der Waals surface area contributed by atoms with E-state index in [0.29, 0.717) is 0 Å². The summed E-state index contributed by atoms with van der Waals surface area (Å²) in [5.41, 5.74) is -1.16. The Morgan fingerprint density at radius 3 is 1.00 bits per heavy atom. The van der Waals surface area contributed by atoms with Crippen molar-refractivity contribution in [1.29, 1.82) is 0 Å². The Hall–Kier alpha value is -0.340. The Morgan fingerprint density at radius 2 is 0.818 bits per heavy atom. The highest BCUT2D eigenvalue weighted by Gasteiger charge is 2.34. The molecule has 22 heavy (non-hydrogen) atoms. The molecule has 0 rings (SSSR count). The van der Waals surface area contributed by atoms with Crippen molar-refractivity contribution in [2.24, 2.45) is 23.7 Å². The van der Waals surface area contributed by atoms with Gasteiger partial charge in [-0.2, -0.15) is 0 Å². The van der Waals surface area contributed by atoms with Gasteiger partial charge < -0.3 is 10.2 Å². The van der Waals surface area contributed by atoms with Crippen LogP contribution in [0.1, 0.15) is 81.1 Å². The van der Waals surface area contributed by atoms with E-state index in [0.717, 1.165) is 25.7 Å². The van der Waals surface area contributed by atoms with Crippen LogP contribution in [-0.2, 0) is 0 Å². The lowest BCUT2D eigenvalue weighted by Gasteiger charge is -2.36. The first kappa shape index (κ1) is 21.7. The minimum Gasteiger partial charge on any atom is -0.389 e. The monoisotopic (exact) mass is 312 g/mol. The van der Waals surface area contributed by atoms with Gasteiger partial charge in [-0.1, -0.05) is 67.5 Å². The quantitative estimate of drug-likeness (QED) is 0.545. The molecule has 2 nitrogen and oxygen atoms in total. The molecule has 132 valence electrons. The highest BCUT2D eigenvalue weighted by atomic mass is 16.3. The second-order valence-corrected chi connectivity index (χ2v) is 8.15. The maximum absolute atomic E-state index is 10.7. The average molecular weight is 313 g/mol. The van der Waals surface area contributed by atoms with Crippen molar-refractivity contribution in [3.05, 3.63) is 12.2 Å². The van der Waals surface area contributed by atoms with E-state index >= 15 is 0 Å². The van der Waals surface area contributed by atoms with Crippen LogP contribution < -0.4 is 0 Å². The molecular formula is C20H40O2. The SMILES string of the molecule is CC(C)C(O)(CC/C=C/CCC(O)(C(C)C)C(C)C)C(C)C. The van der Waals surface area contributed by atoms with Crippen LogP contribution in [0.5, 0.6) is 0 Å². The highest BCUT2D eigenvalue weighted by Crippen LogP contribution is 2.32. The van der Waals surface area contributed by atoms with Crippen LogP contribution in [-0.4, -0.2) is 21.4 Å². The summed E-state index contributed by atoms with van der Waals surface area (Å²) in [7, 11) is 0. The normalized spacial score (nSPS) is 14.3. The maximum atomic E-state index is 10.7. The summed E-state index contributed by atoms with van der Waals surface area (Å²) in [6, 6.07) is 0. The molecule has 0 bridgehead atoms. The molecule has 2 heteroatoms. The molecule has 0 radical (unpaired) electrons. The Labute approximate surface area is 139 Å². The molecule has 0 aliphatic carbocycles. The predicted molar refractivity (Wildman–Crippen MR) is 96.9 cm³/mol. The number of hydrogen-bond acceptors (Lipinski definition) is 2. The molecule has 0 unspecified atom stereocenters. The first-order chi connectivity index (χ1) is 9.98. The van der Waals surface area contributed by atoms with Crippen molar-refractivity contribution >= 4 is 0 Å². The molecule has 0 saturated carbocycles. The van der Waals surface area contributed by atoms with Gasteiger partial charge in [-0.05, 0) is 49.4 Å². The van der Waals surface area contributed by atoms with Gasteiger partial charge in [0.1, 0.15) is 0 Å². The average Bonchev–Trinajstić information content (AvgIpc) is 2.40. The van der Waals surface area contributed by atoms with Gasteiger partial charge >= 0.3 is 0 Å². The molecule has 0 aliphatic heterocycles. The van der Waals surface area contributed by atoms with Crippen molar-refractivity contribution in [3.63, 3.8) is 0 Å². The highest BCUT2D eigenvalue weighted by molar-refractivity contribution is 4.93. The fourth-order valence-corrected chi connectivity index (χ4v) is 3.35. The Morgan fingerprint density at radius 1 is 0.591 bits per heavy atom. The Balaban J connectivity index is 4.37. The molecule has 0 atom stereocenters. The van der Waals surface area contributed by atoms with Crippen molar-refractivity contribution in [1.82, 2.24) is 0 Å². The fourth-order valence-electron chi connectivity index (χ4n) is 3.35. The summed E-state index contributed by atoms with van der Waals surface area (Å²) in [6.45, 7) is 16.7. The Bertz CT molecular complexity index is 279. The third-order valence-corrected chi connectivity index (χ3v) is 5.59. The maximum Gasteiger partial charge on any atom is 0.0696 e. The fraction of sp³-hybridized carbons (Fsp3) is 0.900. The van der Waals surface area contributed by atoms with Gasteiger partial charge in [-0.15, -0.1) is 0 Å². The van der Waals surface area contributed by atoms with Crippen LogP contribution in [0.3, 0.4) is 0 Å². The van der Waals surface area contributed by atoms with E-state index in [1.165, 1.54) is 0 Å². The van der Waals surface area contributed by atoms with Crippen molar-refractivity contribution in [2.45, 2.75) is 92.3 Å². The molecule has 0 aromatic carbocycles. The zero-order chi connectivity index (χ0) is 17.6. The second kappa shape index (κ2) is 9.08. The molecule has 0 fully saturated rings. The van der Waals surface area contributed by atoms with E-state index in [1.54, 1.807) is 0 Å². The molecule has 0 aromatic heterocycles. The zero-order valence-corrected chi connectivity index (χ0v) is 16.2. The summed E-state index contributed by atoms with van der Waals surface area (Å²) < 4.78 is 0. The molecular weight excluding hydrogens is 272 g/mol. The molecule has 0 amide bonds. The van der Waals surface area contributed by atoms with Gasteiger partial charge in [0.05, 0.1) is 11.2 Å². The van der Waals surface area contributed by atoms with Crippen molar-refractivity contribution in [2.75, 3.05) is 0 Å². The van der Waals surface area contributed by atoms with Gasteiger partial charge in [0.2, 0.25) is 0 Å². The van der Waals surface area contributed by atoms with E-state index in [4.69, 9.17) is 0 Å². The number of aliphatic hydroxyl groups is 2. The van der Waals surface area contributed by atoms with Crippen molar-refractivity contribution < 1.29 is 10.2 Å². The molecule has 0 aliphatic rings. The number of allylic oxidation sites excluding steroid dienone is 2. The summed E-state index contributed by atoms with van der Waals surface area (Å²) in [6.07, 6.45) is 7.73. The largest absolute Gasteiger partial charge is 0.389 e. The van der Waals surface area contributed by atoms with Gasteiger partial charge in [0, 0.05) is 0 Å². The van der Waals surface area contributed by atoms with Crippen LogP contribution in [0.15, 0.2) is 12.2 Å². The topological polar surface area (TPSA) is 40.5 Å². The van der Waals surface area contributed by atoms with E-state index < -0.39 is 11.2 Å². The lowest BCUT2D eigenvalue weighted by atomic mass is 9.76. The smallest absolute Gasteiger partial charge is 0.0696 e. The van der Waals surface area contributed by atoms with Gasteiger partial charge in [0.15, 0.2) is 0 Å². The summed E-state index contributed by atoms with van der Waals surface area (Å²) in [5, 5.41) is 21.4. The van der Waals surface area contributed by atoms with E-state index in [2.05, 4.69) is 67.5 Å². The van der Waals surface area contributed by atoms with Gasteiger partial charge in [-0.25, -0.2) is 0 Å². The predicted octanol–water partition coefficient (Wildman–Crippen LogP) is 5.19. The molecule has 0 saturated heterocycles. The number of hydrogen-bond donors (Lipinski definition) is 2. The van der Waals surface area contributed by atoms with Crippen LogP contribution in [0.4, 0.5) is 0 Å². The summed E-state index contributed by atoms with van der Waals surface area (Å²) in [5.74, 6) is 1.08. The lowest BCUT2D eigenvalue weighted by molar-refractivity contribution is -0.0538. The minimum absolute atomic E-state index is 0.271. The third-order valence-electron chi connectivity index (χ3n) is 5.59. The zero-order valence-electron chi connectivity index (χ0n) is 16.2. The van der Waals surface area contributed by atoms with Crippen LogP contribution in [0.2, 0.25) is 0 Å². The van der Waals surface area contributed by atoms with E-state index in [9.17, 15) is 10.2 Å². The standard InChI is InChI=1S/C20H40O2/c1-15(2)19(21,16(3)4)13-11-9-10-12-14-20(22,17(5)6)18(7)8/h9-10,15-18,21-22H,11-14H2,1-8H3/b10-9+. The second-order valence-electron chi connectivity index (χ2n) is 8.15. The first-order valence-electron chi connectivity index (χ1n) is 9.08. The van der Waals surface area contributed by atoms with Crippen molar-refractivity contribution in [3.8, 4) is 0 Å². The Kier molecular flexibility index (Phi) is 8.94.